The fourth-order valence-corrected chi connectivity index (χ4v) is 1.07. The lowest BCUT2D eigenvalue weighted by Gasteiger charge is -2.03. The standard InChI is InChI=1S/C9H11NO4/c11-5-1-3-10-4-2-7(9(13)14)6-8(10)12/h2,4,6,11H,1,3,5H2,(H,13,14). The number of hydrogen-bond donors (Lipinski definition) is 2. The summed E-state index contributed by atoms with van der Waals surface area (Å²) in [6, 6.07) is 2.43. The van der Waals surface area contributed by atoms with Crippen molar-refractivity contribution in [3.63, 3.8) is 0 Å². The van der Waals surface area contributed by atoms with Gasteiger partial charge < -0.3 is 14.8 Å². The highest BCUT2D eigenvalue weighted by Gasteiger charge is 2.04. The van der Waals surface area contributed by atoms with Crippen LogP contribution in [0.4, 0.5) is 0 Å². The van der Waals surface area contributed by atoms with Gasteiger partial charge in [-0.1, -0.05) is 0 Å². The van der Waals surface area contributed by atoms with E-state index in [1.807, 2.05) is 0 Å². The third-order valence-electron chi connectivity index (χ3n) is 1.80. The minimum absolute atomic E-state index is 0.00707. The smallest absolute Gasteiger partial charge is 0.335 e. The first-order valence-electron chi connectivity index (χ1n) is 4.20. The highest BCUT2D eigenvalue weighted by molar-refractivity contribution is 5.87. The molecule has 0 bridgehead atoms. The van der Waals surface area contributed by atoms with Gasteiger partial charge in [-0.05, 0) is 12.5 Å². The van der Waals surface area contributed by atoms with Crippen LogP contribution < -0.4 is 5.56 Å². The molecule has 76 valence electrons. The summed E-state index contributed by atoms with van der Waals surface area (Å²) in [6.45, 7) is 0.405. The lowest BCUT2D eigenvalue weighted by Crippen LogP contribution is -2.20. The van der Waals surface area contributed by atoms with Gasteiger partial charge in [0.15, 0.2) is 0 Å². The van der Waals surface area contributed by atoms with Crippen molar-refractivity contribution < 1.29 is 15.0 Å². The molecule has 2 N–H and O–H groups in total. The summed E-state index contributed by atoms with van der Waals surface area (Å²) in [5.74, 6) is -1.11. The van der Waals surface area contributed by atoms with Crippen LogP contribution in [0.5, 0.6) is 0 Å². The first-order chi connectivity index (χ1) is 6.65. The fourth-order valence-electron chi connectivity index (χ4n) is 1.07. The van der Waals surface area contributed by atoms with Crippen LogP contribution in [0.3, 0.4) is 0 Å². The summed E-state index contributed by atoms with van der Waals surface area (Å²) in [4.78, 5) is 21.8. The van der Waals surface area contributed by atoms with E-state index in [2.05, 4.69) is 0 Å². The lowest BCUT2D eigenvalue weighted by molar-refractivity contribution is 0.0696. The molecule has 1 aromatic rings. The summed E-state index contributed by atoms with van der Waals surface area (Å²) in [7, 11) is 0. The quantitative estimate of drug-likeness (QED) is 0.708. The van der Waals surface area contributed by atoms with Gasteiger partial charge in [-0.3, -0.25) is 4.79 Å². The number of pyridine rings is 1. The van der Waals surface area contributed by atoms with Gasteiger partial charge in [0, 0.05) is 25.4 Å². The monoisotopic (exact) mass is 197 g/mol. The second-order valence-electron chi connectivity index (χ2n) is 2.83. The van der Waals surface area contributed by atoms with E-state index in [1.54, 1.807) is 0 Å². The normalized spacial score (nSPS) is 10.1. The molecule has 5 nitrogen and oxygen atoms in total. The minimum atomic E-state index is -1.11. The molecule has 0 saturated carbocycles. The summed E-state index contributed by atoms with van der Waals surface area (Å²) in [6.07, 6.45) is 1.90. The fraction of sp³-hybridized carbons (Fsp3) is 0.333. The highest BCUT2D eigenvalue weighted by atomic mass is 16.4. The molecule has 0 radical (unpaired) electrons. The van der Waals surface area contributed by atoms with Gasteiger partial charge in [0.05, 0.1) is 5.56 Å². The summed E-state index contributed by atoms with van der Waals surface area (Å²) >= 11 is 0. The largest absolute Gasteiger partial charge is 0.478 e. The van der Waals surface area contributed by atoms with Crippen molar-refractivity contribution in [2.45, 2.75) is 13.0 Å². The summed E-state index contributed by atoms with van der Waals surface area (Å²) in [5, 5.41) is 17.1. The molecule has 5 heteroatoms. The zero-order valence-electron chi connectivity index (χ0n) is 7.51. The molecule has 0 aliphatic heterocycles. The van der Waals surface area contributed by atoms with E-state index in [0.29, 0.717) is 13.0 Å². The molecule has 0 unspecified atom stereocenters. The van der Waals surface area contributed by atoms with Gasteiger partial charge in [0.2, 0.25) is 0 Å². The van der Waals surface area contributed by atoms with Crippen molar-refractivity contribution in [2.24, 2.45) is 0 Å². The van der Waals surface area contributed by atoms with E-state index in [4.69, 9.17) is 10.2 Å². The van der Waals surface area contributed by atoms with Crippen LogP contribution in [0.2, 0.25) is 0 Å². The van der Waals surface area contributed by atoms with E-state index >= 15 is 0 Å². The molecule has 1 heterocycles. The van der Waals surface area contributed by atoms with Gasteiger partial charge in [0.1, 0.15) is 0 Å². The van der Waals surface area contributed by atoms with Gasteiger partial charge >= 0.3 is 5.97 Å². The molecule has 0 spiro atoms. The van der Waals surface area contributed by atoms with E-state index in [-0.39, 0.29) is 17.7 Å². The van der Waals surface area contributed by atoms with Gasteiger partial charge in [0.25, 0.3) is 5.56 Å². The third-order valence-corrected chi connectivity index (χ3v) is 1.80. The molecule has 0 saturated heterocycles. The summed E-state index contributed by atoms with van der Waals surface area (Å²) in [5.41, 5.74) is -0.381. The minimum Gasteiger partial charge on any atom is -0.478 e. The average Bonchev–Trinajstić information content (AvgIpc) is 2.15. The summed E-state index contributed by atoms with van der Waals surface area (Å²) < 4.78 is 1.36. The Morgan fingerprint density at radius 3 is 2.71 bits per heavy atom. The second kappa shape index (κ2) is 4.57. The van der Waals surface area contributed by atoms with Crippen LogP contribution >= 0.6 is 0 Å². The van der Waals surface area contributed by atoms with Gasteiger partial charge in [-0.2, -0.15) is 0 Å². The van der Waals surface area contributed by atoms with Crippen molar-refractivity contribution in [2.75, 3.05) is 6.61 Å². The Kier molecular flexibility index (Phi) is 3.41. The molecule has 0 aliphatic rings. The van der Waals surface area contributed by atoms with Crippen molar-refractivity contribution in [3.8, 4) is 0 Å². The van der Waals surface area contributed by atoms with Crippen molar-refractivity contribution in [1.82, 2.24) is 4.57 Å². The molecular formula is C9H11NO4. The molecule has 0 aromatic carbocycles. The van der Waals surface area contributed by atoms with Crippen LogP contribution in [0.15, 0.2) is 23.1 Å². The van der Waals surface area contributed by atoms with Crippen LogP contribution in [0.1, 0.15) is 16.8 Å². The van der Waals surface area contributed by atoms with Gasteiger partial charge in [-0.25, -0.2) is 4.79 Å². The Bertz CT molecular complexity index is 383. The number of aliphatic hydroxyl groups excluding tert-OH is 1. The van der Waals surface area contributed by atoms with Crippen molar-refractivity contribution >= 4 is 5.97 Å². The maximum atomic E-state index is 11.3. The third kappa shape index (κ3) is 2.43. The first-order valence-corrected chi connectivity index (χ1v) is 4.20. The zero-order valence-corrected chi connectivity index (χ0v) is 7.51. The SMILES string of the molecule is O=C(O)c1ccn(CCCO)c(=O)c1. The number of carbonyl (C=O) groups is 1. The van der Waals surface area contributed by atoms with E-state index < -0.39 is 5.97 Å². The molecule has 0 atom stereocenters. The molecule has 0 fully saturated rings. The number of carboxylic acid groups (broad SMARTS) is 1. The lowest BCUT2D eigenvalue weighted by atomic mass is 10.2. The predicted octanol–water partition coefficient (Wildman–Crippen LogP) is -0.0711. The van der Waals surface area contributed by atoms with Crippen LogP contribution in [0, 0.1) is 0 Å². The topological polar surface area (TPSA) is 79.5 Å². The first kappa shape index (κ1) is 10.5. The Balaban J connectivity index is 2.90. The van der Waals surface area contributed by atoms with Crippen LogP contribution in [0.25, 0.3) is 0 Å². The van der Waals surface area contributed by atoms with E-state index in [1.165, 1.54) is 16.8 Å². The van der Waals surface area contributed by atoms with E-state index in [0.717, 1.165) is 6.07 Å². The number of nitrogens with zero attached hydrogens (tertiary/aromatic N) is 1. The Morgan fingerprint density at radius 1 is 1.50 bits per heavy atom. The maximum absolute atomic E-state index is 11.3. The molecule has 0 amide bonds. The van der Waals surface area contributed by atoms with Crippen LogP contribution in [-0.2, 0) is 6.54 Å². The molecule has 1 rings (SSSR count). The Hall–Kier alpha value is -1.62. The number of aliphatic hydroxyl groups is 1. The van der Waals surface area contributed by atoms with Crippen LogP contribution in [-0.4, -0.2) is 27.4 Å². The number of aromatic nitrogens is 1. The maximum Gasteiger partial charge on any atom is 0.335 e. The van der Waals surface area contributed by atoms with Crippen molar-refractivity contribution in [1.29, 1.82) is 0 Å². The Labute approximate surface area is 80.2 Å². The highest BCUT2D eigenvalue weighted by Crippen LogP contribution is 1.95. The predicted molar refractivity (Wildman–Crippen MR) is 49.4 cm³/mol. The van der Waals surface area contributed by atoms with Crippen molar-refractivity contribution in [3.05, 3.63) is 34.2 Å². The van der Waals surface area contributed by atoms with E-state index in [9.17, 15) is 9.59 Å². The Morgan fingerprint density at radius 2 is 2.21 bits per heavy atom. The molecule has 0 aliphatic carbocycles. The van der Waals surface area contributed by atoms with Gasteiger partial charge in [-0.15, -0.1) is 0 Å². The molecular weight excluding hydrogens is 186 g/mol. The number of hydrogen-bond acceptors (Lipinski definition) is 3. The number of carboxylic acids is 1. The molecule has 14 heavy (non-hydrogen) atoms. The second-order valence-corrected chi connectivity index (χ2v) is 2.83. The zero-order chi connectivity index (χ0) is 10.6. The average molecular weight is 197 g/mol. The number of aromatic carboxylic acids is 1. The molecule has 1 aromatic heterocycles. The number of aryl methyl sites for hydroxylation is 1. The number of rotatable bonds is 4.